The Morgan fingerprint density at radius 3 is 2.28 bits per heavy atom. The molecule has 1 aliphatic rings. The van der Waals surface area contributed by atoms with Crippen molar-refractivity contribution in [2.75, 3.05) is 39.0 Å². The van der Waals surface area contributed by atoms with Crippen LogP contribution in [0.5, 0.6) is 0 Å². The first-order chi connectivity index (χ1) is 18.8. The smallest absolute Gasteiger partial charge is 0.377 e. The van der Waals surface area contributed by atoms with E-state index in [1.807, 2.05) is 36.4 Å². The summed E-state index contributed by atoms with van der Waals surface area (Å²) < 4.78 is 49.3. The van der Waals surface area contributed by atoms with E-state index in [-0.39, 0.29) is 17.0 Å². The molecule has 0 aromatic heterocycles. The van der Waals surface area contributed by atoms with E-state index in [1.165, 1.54) is 17.2 Å². The zero-order valence-corrected chi connectivity index (χ0v) is 23.8. The maximum absolute atomic E-state index is 13.6. The Morgan fingerprint density at radius 1 is 1.00 bits per heavy atom. The highest BCUT2D eigenvalue weighted by molar-refractivity contribution is 7.96. The Morgan fingerprint density at radius 2 is 1.67 bits per heavy atom. The molecule has 1 saturated heterocycles. The first-order valence-electron chi connectivity index (χ1n) is 13.4. The Hall–Kier alpha value is -2.03. The number of rotatable bonds is 12. The fraction of sp³-hybridized carbons (Fsp3) is 0.419. The molecule has 1 aliphatic heterocycles. The van der Waals surface area contributed by atoms with Crippen LogP contribution in [0.4, 0.5) is 13.2 Å². The molecule has 1 unspecified atom stereocenters. The second-order valence-corrected chi connectivity index (χ2v) is 11.2. The average Bonchev–Trinajstić information content (AvgIpc) is 2.95. The van der Waals surface area contributed by atoms with Crippen molar-refractivity contribution in [3.05, 3.63) is 106 Å². The van der Waals surface area contributed by atoms with Crippen molar-refractivity contribution < 1.29 is 17.9 Å². The van der Waals surface area contributed by atoms with Gasteiger partial charge in [-0.05, 0) is 48.3 Å². The van der Waals surface area contributed by atoms with E-state index in [4.69, 9.17) is 16.3 Å². The summed E-state index contributed by atoms with van der Waals surface area (Å²) >= 11 is 8.07. The molecular weight excluding hydrogens is 541 g/mol. The standard InChI is InChI=1S/C31H36ClF3N2OS/c1-39-37-19-9-16-27(22-37)38-20-10-18-36(21-26-15-8-17-29(30(26)32)31(33,34)35)23-28(24-11-4-2-5-12-24)25-13-6-3-7-14-25/h2-8,11-15,17,27-28H,9-10,16,18-23H2,1H3. The van der Waals surface area contributed by atoms with Crippen molar-refractivity contribution in [2.45, 2.75) is 44.0 Å². The molecule has 3 aromatic carbocycles. The van der Waals surface area contributed by atoms with Crippen molar-refractivity contribution >= 4 is 23.5 Å². The number of hydrogen-bond acceptors (Lipinski definition) is 4. The highest BCUT2D eigenvalue weighted by Gasteiger charge is 2.34. The molecule has 0 spiro atoms. The van der Waals surface area contributed by atoms with E-state index >= 15 is 0 Å². The summed E-state index contributed by atoms with van der Waals surface area (Å²) in [5, 5.41) is -0.221. The average molecular weight is 577 g/mol. The Kier molecular flexibility index (Phi) is 11.2. The Balaban J connectivity index is 1.52. The normalized spacial score (nSPS) is 16.7. The van der Waals surface area contributed by atoms with Gasteiger partial charge in [0.05, 0.1) is 16.7 Å². The van der Waals surface area contributed by atoms with Gasteiger partial charge in [-0.15, -0.1) is 0 Å². The second-order valence-electron chi connectivity index (χ2n) is 9.94. The molecule has 3 nitrogen and oxygen atoms in total. The van der Waals surface area contributed by atoms with E-state index in [2.05, 4.69) is 39.7 Å². The van der Waals surface area contributed by atoms with Crippen LogP contribution in [-0.2, 0) is 17.5 Å². The molecule has 210 valence electrons. The molecule has 0 aliphatic carbocycles. The van der Waals surface area contributed by atoms with Crippen molar-refractivity contribution in [1.29, 1.82) is 0 Å². The topological polar surface area (TPSA) is 15.7 Å². The van der Waals surface area contributed by atoms with E-state index in [0.717, 1.165) is 38.4 Å². The molecule has 39 heavy (non-hydrogen) atoms. The van der Waals surface area contributed by atoms with Crippen LogP contribution >= 0.6 is 23.5 Å². The van der Waals surface area contributed by atoms with Crippen molar-refractivity contribution in [3.8, 4) is 0 Å². The molecule has 1 heterocycles. The van der Waals surface area contributed by atoms with Crippen LogP contribution in [0.15, 0.2) is 78.9 Å². The fourth-order valence-electron chi connectivity index (χ4n) is 5.17. The molecule has 0 saturated carbocycles. The minimum Gasteiger partial charge on any atom is -0.377 e. The second kappa shape index (κ2) is 14.6. The van der Waals surface area contributed by atoms with Gasteiger partial charge in [0.1, 0.15) is 0 Å². The van der Waals surface area contributed by atoms with Crippen LogP contribution in [-0.4, -0.2) is 54.4 Å². The summed E-state index contributed by atoms with van der Waals surface area (Å²) in [4.78, 5) is 2.21. The number of piperidine rings is 1. The van der Waals surface area contributed by atoms with Gasteiger partial charge in [-0.2, -0.15) is 13.2 Å². The molecule has 0 N–H and O–H groups in total. The lowest BCUT2D eigenvalue weighted by Gasteiger charge is -2.31. The van der Waals surface area contributed by atoms with Gasteiger partial charge in [-0.3, -0.25) is 4.90 Å². The number of nitrogens with zero attached hydrogens (tertiary/aromatic N) is 2. The van der Waals surface area contributed by atoms with Gasteiger partial charge in [0.25, 0.3) is 0 Å². The van der Waals surface area contributed by atoms with Crippen LogP contribution < -0.4 is 0 Å². The van der Waals surface area contributed by atoms with Gasteiger partial charge in [0.2, 0.25) is 0 Å². The van der Waals surface area contributed by atoms with Gasteiger partial charge in [-0.1, -0.05) is 96.3 Å². The van der Waals surface area contributed by atoms with E-state index < -0.39 is 11.7 Å². The SMILES string of the molecule is CSN1CCCC(OCCCN(Cc2cccc(C(F)(F)F)c2Cl)CC(c2ccccc2)c2ccccc2)C1. The highest BCUT2D eigenvalue weighted by atomic mass is 35.5. The lowest BCUT2D eigenvalue weighted by molar-refractivity contribution is -0.137. The lowest BCUT2D eigenvalue weighted by atomic mass is 9.90. The summed E-state index contributed by atoms with van der Waals surface area (Å²) in [5.41, 5.74) is 2.03. The Labute approximate surface area is 239 Å². The minimum absolute atomic E-state index is 0.0615. The van der Waals surface area contributed by atoms with Crippen LogP contribution in [0, 0.1) is 0 Å². The molecule has 3 aromatic rings. The molecule has 1 fully saturated rings. The number of halogens is 4. The monoisotopic (exact) mass is 576 g/mol. The van der Waals surface area contributed by atoms with Crippen LogP contribution in [0.1, 0.15) is 47.4 Å². The summed E-state index contributed by atoms with van der Waals surface area (Å²) in [7, 11) is 0. The lowest BCUT2D eigenvalue weighted by Crippen LogP contribution is -2.36. The molecule has 4 rings (SSSR count). The van der Waals surface area contributed by atoms with E-state index in [9.17, 15) is 13.2 Å². The van der Waals surface area contributed by atoms with Gasteiger partial charge in [0.15, 0.2) is 0 Å². The number of hydrogen-bond donors (Lipinski definition) is 0. The molecule has 0 radical (unpaired) electrons. The number of benzene rings is 3. The number of alkyl halides is 3. The fourth-order valence-corrected chi connectivity index (χ4v) is 6.09. The third kappa shape index (κ3) is 8.73. The summed E-state index contributed by atoms with van der Waals surface area (Å²) in [5.74, 6) is 0.0615. The molecule has 8 heteroatoms. The largest absolute Gasteiger partial charge is 0.417 e. The number of ether oxygens (including phenoxy) is 1. The zero-order chi connectivity index (χ0) is 27.7. The first-order valence-corrected chi connectivity index (χ1v) is 15.0. The highest BCUT2D eigenvalue weighted by Crippen LogP contribution is 2.37. The molecular formula is C31H36ClF3N2OS. The van der Waals surface area contributed by atoms with Crippen molar-refractivity contribution in [2.24, 2.45) is 0 Å². The summed E-state index contributed by atoms with van der Waals surface area (Å²) in [6, 6.07) is 24.7. The quantitative estimate of drug-likeness (QED) is 0.160. The molecule has 0 amide bonds. The van der Waals surface area contributed by atoms with E-state index in [0.29, 0.717) is 31.8 Å². The molecule has 0 bridgehead atoms. The maximum Gasteiger partial charge on any atom is 0.417 e. The van der Waals surface area contributed by atoms with Crippen LogP contribution in [0.3, 0.4) is 0 Å². The third-order valence-corrected chi connectivity index (χ3v) is 8.49. The first kappa shape index (κ1) is 29.9. The molecule has 1 atom stereocenters. The third-order valence-electron chi connectivity index (χ3n) is 7.19. The predicted molar refractivity (Wildman–Crippen MR) is 155 cm³/mol. The predicted octanol–water partition coefficient (Wildman–Crippen LogP) is 8.14. The van der Waals surface area contributed by atoms with Gasteiger partial charge < -0.3 is 4.74 Å². The summed E-state index contributed by atoms with van der Waals surface area (Å²) in [6.07, 6.45) is 0.788. The zero-order valence-electron chi connectivity index (χ0n) is 22.2. The van der Waals surface area contributed by atoms with Gasteiger partial charge in [-0.25, -0.2) is 4.31 Å². The van der Waals surface area contributed by atoms with Gasteiger partial charge >= 0.3 is 6.18 Å². The van der Waals surface area contributed by atoms with Crippen LogP contribution in [0.2, 0.25) is 5.02 Å². The van der Waals surface area contributed by atoms with Crippen molar-refractivity contribution in [3.63, 3.8) is 0 Å². The van der Waals surface area contributed by atoms with Crippen molar-refractivity contribution in [1.82, 2.24) is 9.21 Å². The van der Waals surface area contributed by atoms with Crippen LogP contribution in [0.25, 0.3) is 0 Å². The van der Waals surface area contributed by atoms with Gasteiger partial charge in [0, 0.05) is 45.2 Å². The maximum atomic E-state index is 13.6. The Bertz CT molecular complexity index is 1110. The summed E-state index contributed by atoms with van der Waals surface area (Å²) in [6.45, 7) is 4.28. The minimum atomic E-state index is -4.49. The van der Waals surface area contributed by atoms with E-state index in [1.54, 1.807) is 18.0 Å².